The van der Waals surface area contributed by atoms with E-state index in [2.05, 4.69) is 22.1 Å². The minimum atomic E-state index is -0.158. The molecule has 0 radical (unpaired) electrons. The van der Waals surface area contributed by atoms with Crippen LogP contribution in [0.25, 0.3) is 11.0 Å². The number of hydrogen-bond acceptors (Lipinski definition) is 3. The summed E-state index contributed by atoms with van der Waals surface area (Å²) in [6.07, 6.45) is 1.85. The fourth-order valence-electron chi connectivity index (χ4n) is 4.16. The monoisotopic (exact) mass is 404 g/mol. The molecule has 1 fully saturated rings. The molecule has 6 nitrogen and oxygen atoms in total. The number of likely N-dealkylation sites (tertiary alicyclic amines) is 1. The van der Waals surface area contributed by atoms with E-state index in [0.717, 1.165) is 28.8 Å². The summed E-state index contributed by atoms with van der Waals surface area (Å²) >= 11 is 0. The molecular weight excluding hydrogens is 376 g/mol. The fraction of sp³-hybridized carbons (Fsp3) is 0.375. The first kappa shape index (κ1) is 20.1. The summed E-state index contributed by atoms with van der Waals surface area (Å²) in [5.74, 6) is 0.840. The molecule has 1 saturated heterocycles. The van der Waals surface area contributed by atoms with Gasteiger partial charge in [0.15, 0.2) is 0 Å². The zero-order valence-electron chi connectivity index (χ0n) is 17.6. The maximum Gasteiger partial charge on any atom is 0.227 e. The van der Waals surface area contributed by atoms with Gasteiger partial charge in [-0.2, -0.15) is 0 Å². The van der Waals surface area contributed by atoms with Crippen LogP contribution in [0, 0.1) is 12.8 Å². The maximum absolute atomic E-state index is 13.1. The Morgan fingerprint density at radius 3 is 2.77 bits per heavy atom. The van der Waals surface area contributed by atoms with Crippen molar-refractivity contribution in [1.29, 1.82) is 0 Å². The minimum Gasteiger partial charge on any atom is -0.342 e. The Hall–Kier alpha value is -3.15. The molecule has 6 heteroatoms. The summed E-state index contributed by atoms with van der Waals surface area (Å²) < 4.78 is 0. The second-order valence-corrected chi connectivity index (χ2v) is 8.16. The molecule has 1 atom stereocenters. The van der Waals surface area contributed by atoms with Crippen molar-refractivity contribution in [2.24, 2.45) is 5.92 Å². The van der Waals surface area contributed by atoms with Crippen LogP contribution in [-0.2, 0) is 22.6 Å². The number of carbonyl (C=O) groups excluding carboxylic acids is 2. The van der Waals surface area contributed by atoms with Crippen LogP contribution in [0.5, 0.6) is 0 Å². The molecular formula is C24H28N4O2. The third-order valence-corrected chi connectivity index (χ3v) is 5.89. The fourth-order valence-corrected chi connectivity index (χ4v) is 4.16. The summed E-state index contributed by atoms with van der Waals surface area (Å²) in [6.45, 7) is 3.61. The number of imidazole rings is 1. The number of benzene rings is 2. The van der Waals surface area contributed by atoms with Gasteiger partial charge in [0.2, 0.25) is 11.8 Å². The normalized spacial score (nSPS) is 16.8. The Labute approximate surface area is 176 Å². The predicted octanol–water partition coefficient (Wildman–Crippen LogP) is 3.31. The molecule has 4 rings (SSSR count). The Morgan fingerprint density at radius 2 is 2.00 bits per heavy atom. The number of aryl methyl sites for hydroxylation is 1. The van der Waals surface area contributed by atoms with Crippen molar-refractivity contribution >= 4 is 22.8 Å². The minimum absolute atomic E-state index is 0.0735. The van der Waals surface area contributed by atoms with E-state index in [1.807, 2.05) is 55.3 Å². The van der Waals surface area contributed by atoms with Crippen molar-refractivity contribution in [3.8, 4) is 0 Å². The average molecular weight is 405 g/mol. The van der Waals surface area contributed by atoms with Gasteiger partial charge in [-0.3, -0.25) is 9.59 Å². The van der Waals surface area contributed by atoms with Gasteiger partial charge in [-0.15, -0.1) is 0 Å². The summed E-state index contributed by atoms with van der Waals surface area (Å²) in [6, 6.07) is 16.2. The molecule has 0 aliphatic carbocycles. The van der Waals surface area contributed by atoms with Gasteiger partial charge >= 0.3 is 0 Å². The van der Waals surface area contributed by atoms with E-state index in [9.17, 15) is 9.59 Å². The highest BCUT2D eigenvalue weighted by Crippen LogP contribution is 2.21. The Balaban J connectivity index is 1.37. The van der Waals surface area contributed by atoms with E-state index in [0.29, 0.717) is 32.5 Å². The molecule has 1 aromatic heterocycles. The van der Waals surface area contributed by atoms with Crippen LogP contribution in [0.2, 0.25) is 0 Å². The van der Waals surface area contributed by atoms with E-state index in [1.165, 1.54) is 5.56 Å². The van der Waals surface area contributed by atoms with Crippen LogP contribution in [-0.4, -0.2) is 51.7 Å². The number of nitrogens with one attached hydrogen (secondary N) is 1. The molecule has 30 heavy (non-hydrogen) atoms. The van der Waals surface area contributed by atoms with Crippen molar-refractivity contribution in [2.45, 2.75) is 32.7 Å². The van der Waals surface area contributed by atoms with Gasteiger partial charge < -0.3 is 14.8 Å². The van der Waals surface area contributed by atoms with Crippen LogP contribution >= 0.6 is 0 Å². The number of para-hydroxylation sites is 1. The highest BCUT2D eigenvalue weighted by atomic mass is 16.2. The Kier molecular flexibility index (Phi) is 5.84. The predicted molar refractivity (Wildman–Crippen MR) is 117 cm³/mol. The second-order valence-electron chi connectivity index (χ2n) is 8.16. The molecule has 1 aliphatic rings. The number of H-pyrrole nitrogens is 1. The van der Waals surface area contributed by atoms with Crippen molar-refractivity contribution in [3.63, 3.8) is 0 Å². The van der Waals surface area contributed by atoms with Gasteiger partial charge in [-0.1, -0.05) is 42.5 Å². The van der Waals surface area contributed by atoms with E-state index < -0.39 is 0 Å². The zero-order valence-corrected chi connectivity index (χ0v) is 17.6. The molecule has 156 valence electrons. The molecule has 2 amide bonds. The third-order valence-electron chi connectivity index (χ3n) is 5.89. The lowest BCUT2D eigenvalue weighted by Gasteiger charge is -2.33. The summed E-state index contributed by atoms with van der Waals surface area (Å²) in [5.41, 5.74) is 4.25. The molecule has 0 spiro atoms. The van der Waals surface area contributed by atoms with Crippen molar-refractivity contribution in [1.82, 2.24) is 19.8 Å². The lowest BCUT2D eigenvalue weighted by molar-refractivity contribution is -0.142. The number of fused-ring (bicyclic) bond motifs is 1. The van der Waals surface area contributed by atoms with Gasteiger partial charge in [0.1, 0.15) is 5.82 Å². The molecule has 3 aromatic rings. The van der Waals surface area contributed by atoms with Crippen LogP contribution in [0.4, 0.5) is 0 Å². The van der Waals surface area contributed by atoms with Gasteiger partial charge in [0.25, 0.3) is 0 Å². The van der Waals surface area contributed by atoms with E-state index >= 15 is 0 Å². The van der Waals surface area contributed by atoms with Crippen molar-refractivity contribution in [3.05, 3.63) is 65.5 Å². The third kappa shape index (κ3) is 4.37. The smallest absolute Gasteiger partial charge is 0.227 e. The number of carbonyl (C=O) groups is 2. The number of nitrogens with zero attached hydrogens (tertiary/aromatic N) is 3. The summed E-state index contributed by atoms with van der Waals surface area (Å²) in [7, 11) is 1.81. The lowest BCUT2D eigenvalue weighted by Crippen LogP contribution is -2.46. The first-order chi connectivity index (χ1) is 14.5. The highest BCUT2D eigenvalue weighted by molar-refractivity contribution is 5.84. The van der Waals surface area contributed by atoms with Gasteiger partial charge in [-0.05, 0) is 37.0 Å². The van der Waals surface area contributed by atoms with E-state index in [1.54, 1.807) is 4.90 Å². The van der Waals surface area contributed by atoms with Gasteiger partial charge in [0, 0.05) is 26.6 Å². The van der Waals surface area contributed by atoms with Crippen LogP contribution in [0.1, 0.15) is 29.8 Å². The van der Waals surface area contributed by atoms with E-state index in [4.69, 9.17) is 0 Å². The number of rotatable bonds is 6. The number of piperidine rings is 1. The van der Waals surface area contributed by atoms with Crippen molar-refractivity contribution < 1.29 is 9.59 Å². The molecule has 0 unspecified atom stereocenters. The summed E-state index contributed by atoms with van der Waals surface area (Å²) in [5, 5.41) is 0. The largest absolute Gasteiger partial charge is 0.342 e. The molecule has 0 saturated carbocycles. The Morgan fingerprint density at radius 1 is 1.20 bits per heavy atom. The standard InChI is InChI=1S/C24H28N4O2/c1-17-7-6-10-20-23(17)26-21(25-20)16-27(2)24(30)19-11-12-22(29)28(15-19)14-13-18-8-4-3-5-9-18/h3-10,19H,11-16H2,1-2H3,(H,25,26)/t19-/m1/s1. The first-order valence-electron chi connectivity index (χ1n) is 10.5. The second kappa shape index (κ2) is 8.69. The molecule has 2 aromatic carbocycles. The topological polar surface area (TPSA) is 69.3 Å². The van der Waals surface area contributed by atoms with Crippen molar-refractivity contribution in [2.75, 3.05) is 20.1 Å². The average Bonchev–Trinajstić information content (AvgIpc) is 3.17. The first-order valence-corrected chi connectivity index (χ1v) is 10.5. The summed E-state index contributed by atoms with van der Waals surface area (Å²) in [4.78, 5) is 37.0. The van der Waals surface area contributed by atoms with E-state index in [-0.39, 0.29) is 17.7 Å². The molecule has 0 bridgehead atoms. The molecule has 2 heterocycles. The lowest BCUT2D eigenvalue weighted by atomic mass is 9.95. The molecule has 1 aliphatic heterocycles. The zero-order chi connectivity index (χ0) is 21.1. The number of amides is 2. The SMILES string of the molecule is Cc1cccc2[nH]c(CN(C)C(=O)[C@@H]3CCC(=O)N(CCc4ccccc4)C3)nc12. The van der Waals surface area contributed by atoms with Crippen LogP contribution < -0.4 is 0 Å². The van der Waals surface area contributed by atoms with Gasteiger partial charge in [0.05, 0.1) is 23.5 Å². The Bertz CT molecular complexity index is 1040. The quantitative estimate of drug-likeness (QED) is 0.685. The number of aromatic nitrogens is 2. The van der Waals surface area contributed by atoms with Gasteiger partial charge in [-0.25, -0.2) is 4.98 Å². The molecule has 1 N–H and O–H groups in total. The van der Waals surface area contributed by atoms with Crippen LogP contribution in [0.3, 0.4) is 0 Å². The van der Waals surface area contributed by atoms with Crippen LogP contribution in [0.15, 0.2) is 48.5 Å². The maximum atomic E-state index is 13.1. The number of hydrogen-bond donors (Lipinski definition) is 1. The highest BCUT2D eigenvalue weighted by Gasteiger charge is 2.31. The number of aromatic amines is 1.